The highest BCUT2D eigenvalue weighted by atomic mass is 16.2. The fourth-order valence-electron chi connectivity index (χ4n) is 3.57. The van der Waals surface area contributed by atoms with Gasteiger partial charge in [-0.2, -0.15) is 0 Å². The minimum atomic E-state index is -0.186. The van der Waals surface area contributed by atoms with Crippen molar-refractivity contribution in [1.82, 2.24) is 29.7 Å². The average molecular weight is 334 g/mol. The molecule has 0 saturated carbocycles. The number of rotatable bonds is 5. The zero-order chi connectivity index (χ0) is 17.4. The van der Waals surface area contributed by atoms with Gasteiger partial charge in [0.25, 0.3) is 0 Å². The van der Waals surface area contributed by atoms with Crippen molar-refractivity contribution in [2.75, 3.05) is 33.7 Å². The second-order valence-corrected chi connectivity index (χ2v) is 6.97. The van der Waals surface area contributed by atoms with Gasteiger partial charge in [-0.05, 0) is 13.8 Å². The van der Waals surface area contributed by atoms with Gasteiger partial charge >= 0.3 is 0 Å². The molecule has 2 aliphatic heterocycles. The summed E-state index contributed by atoms with van der Waals surface area (Å²) in [6, 6.07) is 0.226. The lowest BCUT2D eigenvalue weighted by Gasteiger charge is -2.44. The van der Waals surface area contributed by atoms with Crippen LogP contribution in [-0.4, -0.2) is 81.3 Å². The van der Waals surface area contributed by atoms with Crippen molar-refractivity contribution in [3.8, 4) is 0 Å². The molecule has 2 amide bonds. The van der Waals surface area contributed by atoms with Crippen molar-refractivity contribution in [1.29, 1.82) is 0 Å². The zero-order valence-electron chi connectivity index (χ0n) is 14.9. The van der Waals surface area contributed by atoms with E-state index in [1.54, 1.807) is 19.0 Å². The van der Waals surface area contributed by atoms with E-state index in [2.05, 4.69) is 22.1 Å². The number of nitrogens with zero attached hydrogens (tertiary/aromatic N) is 6. The van der Waals surface area contributed by atoms with Gasteiger partial charge in [0.2, 0.25) is 11.8 Å². The van der Waals surface area contributed by atoms with Crippen molar-refractivity contribution in [3.05, 3.63) is 11.4 Å². The minimum absolute atomic E-state index is 0.0515. The highest BCUT2D eigenvalue weighted by Gasteiger charge is 2.42. The number of carbonyl (C=O) groups is 2. The Labute approximate surface area is 142 Å². The predicted octanol–water partition coefficient (Wildman–Crippen LogP) is -0.273. The molecule has 0 spiro atoms. The van der Waals surface area contributed by atoms with E-state index >= 15 is 0 Å². The van der Waals surface area contributed by atoms with Gasteiger partial charge in [0.15, 0.2) is 0 Å². The fraction of sp³-hybridized carbons (Fsp3) is 0.750. The summed E-state index contributed by atoms with van der Waals surface area (Å²) >= 11 is 0. The lowest BCUT2D eigenvalue weighted by Crippen LogP contribution is -2.59. The van der Waals surface area contributed by atoms with Crippen LogP contribution in [0, 0.1) is 12.8 Å². The van der Waals surface area contributed by atoms with Gasteiger partial charge in [0.1, 0.15) is 0 Å². The molecular weight excluding hydrogens is 308 g/mol. The maximum atomic E-state index is 12.2. The third-order valence-corrected chi connectivity index (χ3v) is 5.03. The monoisotopic (exact) mass is 334 g/mol. The summed E-state index contributed by atoms with van der Waals surface area (Å²) in [4.78, 5) is 30.1. The van der Waals surface area contributed by atoms with E-state index in [0.717, 1.165) is 37.6 Å². The van der Waals surface area contributed by atoms with Crippen molar-refractivity contribution < 1.29 is 9.59 Å². The van der Waals surface area contributed by atoms with Crippen molar-refractivity contribution in [2.45, 2.75) is 39.4 Å². The summed E-state index contributed by atoms with van der Waals surface area (Å²) in [5, 5.41) is 8.27. The molecule has 2 aliphatic rings. The molecule has 1 aromatic heterocycles. The quantitative estimate of drug-likeness (QED) is 0.741. The van der Waals surface area contributed by atoms with Gasteiger partial charge in [0.05, 0.1) is 23.3 Å². The van der Waals surface area contributed by atoms with E-state index in [9.17, 15) is 9.59 Å². The van der Waals surface area contributed by atoms with Gasteiger partial charge in [-0.25, -0.2) is 4.68 Å². The van der Waals surface area contributed by atoms with Crippen molar-refractivity contribution in [2.24, 2.45) is 5.92 Å². The molecule has 1 atom stereocenters. The number of hydrogen-bond donors (Lipinski definition) is 0. The van der Waals surface area contributed by atoms with Crippen LogP contribution >= 0.6 is 0 Å². The molecule has 0 radical (unpaired) electrons. The van der Waals surface area contributed by atoms with Gasteiger partial charge in [-0.1, -0.05) is 5.21 Å². The molecule has 2 fully saturated rings. The van der Waals surface area contributed by atoms with Gasteiger partial charge < -0.3 is 9.80 Å². The number of hydrogen-bond acceptors (Lipinski definition) is 5. The number of amides is 2. The highest BCUT2D eigenvalue weighted by Crippen LogP contribution is 2.27. The molecule has 24 heavy (non-hydrogen) atoms. The Balaban J connectivity index is 1.54. The molecule has 1 unspecified atom stereocenters. The Morgan fingerprint density at radius 2 is 2.00 bits per heavy atom. The fourth-order valence-corrected chi connectivity index (χ4v) is 3.57. The summed E-state index contributed by atoms with van der Waals surface area (Å²) in [7, 11) is 3.49. The molecule has 0 aromatic carbocycles. The SMILES string of the molecule is CCn1nnc(C)c1CN1CC(N2CC(C(=O)N(C)C)CC2=O)C1. The molecule has 132 valence electrons. The molecule has 0 aliphatic carbocycles. The Morgan fingerprint density at radius 3 is 2.62 bits per heavy atom. The van der Waals surface area contributed by atoms with Gasteiger partial charge in [-0.15, -0.1) is 5.10 Å². The summed E-state index contributed by atoms with van der Waals surface area (Å²) in [6.45, 7) is 7.92. The van der Waals surface area contributed by atoms with E-state index in [1.165, 1.54) is 0 Å². The largest absolute Gasteiger partial charge is 0.349 e. The molecule has 2 saturated heterocycles. The van der Waals surface area contributed by atoms with E-state index in [-0.39, 0.29) is 23.8 Å². The van der Waals surface area contributed by atoms with Crippen molar-refractivity contribution in [3.63, 3.8) is 0 Å². The van der Waals surface area contributed by atoms with Crippen LogP contribution in [0.25, 0.3) is 0 Å². The second-order valence-electron chi connectivity index (χ2n) is 6.97. The van der Waals surface area contributed by atoms with Crippen LogP contribution in [0.3, 0.4) is 0 Å². The van der Waals surface area contributed by atoms with Crippen LogP contribution in [-0.2, 0) is 22.7 Å². The topological polar surface area (TPSA) is 74.6 Å². The van der Waals surface area contributed by atoms with Crippen LogP contribution in [0.2, 0.25) is 0 Å². The third-order valence-electron chi connectivity index (χ3n) is 5.03. The summed E-state index contributed by atoms with van der Waals surface area (Å²) in [5.74, 6) is -0.0265. The third kappa shape index (κ3) is 3.02. The summed E-state index contributed by atoms with van der Waals surface area (Å²) < 4.78 is 1.93. The first-order valence-corrected chi connectivity index (χ1v) is 8.52. The number of likely N-dealkylation sites (tertiary alicyclic amines) is 2. The first-order valence-electron chi connectivity index (χ1n) is 8.52. The summed E-state index contributed by atoms with van der Waals surface area (Å²) in [6.07, 6.45) is 0.346. The highest BCUT2D eigenvalue weighted by molar-refractivity contribution is 5.89. The number of aryl methyl sites for hydroxylation is 2. The van der Waals surface area contributed by atoms with Crippen molar-refractivity contribution >= 4 is 11.8 Å². The molecule has 8 nitrogen and oxygen atoms in total. The smallest absolute Gasteiger partial charge is 0.227 e. The Hall–Kier alpha value is -1.96. The molecule has 0 bridgehead atoms. The Kier molecular flexibility index (Phi) is 4.58. The number of carbonyl (C=O) groups excluding carboxylic acids is 2. The molecule has 3 rings (SSSR count). The van der Waals surface area contributed by atoms with Gasteiger partial charge in [0, 0.05) is 53.2 Å². The maximum absolute atomic E-state index is 12.2. The Morgan fingerprint density at radius 1 is 1.29 bits per heavy atom. The molecule has 8 heteroatoms. The van der Waals surface area contributed by atoms with Gasteiger partial charge in [-0.3, -0.25) is 14.5 Å². The first-order chi connectivity index (χ1) is 11.4. The molecule has 1 aromatic rings. The van der Waals surface area contributed by atoms with E-state index < -0.39 is 0 Å². The van der Waals surface area contributed by atoms with Crippen LogP contribution in [0.4, 0.5) is 0 Å². The molecular formula is C16H26N6O2. The lowest BCUT2D eigenvalue weighted by atomic mass is 10.1. The normalized spacial score (nSPS) is 22.1. The molecule has 3 heterocycles. The van der Waals surface area contributed by atoms with Crippen LogP contribution in [0.5, 0.6) is 0 Å². The zero-order valence-corrected chi connectivity index (χ0v) is 14.9. The minimum Gasteiger partial charge on any atom is -0.349 e. The maximum Gasteiger partial charge on any atom is 0.227 e. The molecule has 0 N–H and O–H groups in total. The van der Waals surface area contributed by atoms with Crippen LogP contribution in [0.15, 0.2) is 0 Å². The first kappa shape index (κ1) is 16.9. The standard InChI is InChI=1S/C16H26N6O2/c1-5-22-14(11(2)17-18-22)10-20-8-13(9-20)21-7-12(6-15(21)23)16(24)19(3)4/h12-13H,5-10H2,1-4H3. The Bertz CT molecular complexity index is 635. The van der Waals surface area contributed by atoms with Crippen LogP contribution in [0.1, 0.15) is 24.7 Å². The van der Waals surface area contributed by atoms with Crippen LogP contribution < -0.4 is 0 Å². The predicted molar refractivity (Wildman–Crippen MR) is 88.0 cm³/mol. The second kappa shape index (κ2) is 6.51. The van der Waals surface area contributed by atoms with E-state index in [4.69, 9.17) is 0 Å². The number of aromatic nitrogens is 3. The van der Waals surface area contributed by atoms with E-state index in [1.807, 2.05) is 16.5 Å². The van der Waals surface area contributed by atoms with E-state index in [0.29, 0.717) is 13.0 Å². The average Bonchev–Trinajstić information content (AvgIpc) is 3.05. The lowest BCUT2D eigenvalue weighted by molar-refractivity contribution is -0.134. The summed E-state index contributed by atoms with van der Waals surface area (Å²) in [5.41, 5.74) is 2.11.